The van der Waals surface area contributed by atoms with Gasteiger partial charge in [0.25, 0.3) is 5.91 Å². The summed E-state index contributed by atoms with van der Waals surface area (Å²) in [5, 5.41) is 2.83. The Balaban J connectivity index is 2.08. The lowest BCUT2D eigenvalue weighted by molar-refractivity contribution is 0.0966. The molecular formula is C12H8INOS. The maximum absolute atomic E-state index is 11.4. The standard InChI is InChI=1S/C12H8INOS/c13-11-4-3-10(16-11)7-1-2-9-8(5-7)6-14-12(9)15/h1-5H,6H2,(H,14,15). The molecule has 0 fully saturated rings. The number of halogens is 1. The molecule has 3 rings (SSSR count). The largest absolute Gasteiger partial charge is 0.348 e. The number of benzene rings is 1. The molecule has 0 spiro atoms. The van der Waals surface area contributed by atoms with E-state index in [9.17, 15) is 4.79 Å². The first-order valence-electron chi connectivity index (χ1n) is 4.91. The molecule has 1 amide bonds. The average Bonchev–Trinajstić information content (AvgIpc) is 2.86. The van der Waals surface area contributed by atoms with Crippen molar-refractivity contribution in [1.29, 1.82) is 0 Å². The molecule has 1 aromatic carbocycles. The van der Waals surface area contributed by atoms with E-state index >= 15 is 0 Å². The smallest absolute Gasteiger partial charge is 0.251 e. The summed E-state index contributed by atoms with van der Waals surface area (Å²) in [6.07, 6.45) is 0. The third-order valence-electron chi connectivity index (χ3n) is 2.65. The van der Waals surface area contributed by atoms with E-state index in [0.717, 1.165) is 11.1 Å². The first-order chi connectivity index (χ1) is 7.74. The highest BCUT2D eigenvalue weighted by Crippen LogP contribution is 2.31. The maximum Gasteiger partial charge on any atom is 0.251 e. The quantitative estimate of drug-likeness (QED) is 0.793. The average molecular weight is 341 g/mol. The second-order valence-electron chi connectivity index (χ2n) is 3.66. The first kappa shape index (κ1) is 10.3. The van der Waals surface area contributed by atoms with Crippen molar-refractivity contribution in [1.82, 2.24) is 5.32 Å². The van der Waals surface area contributed by atoms with E-state index in [1.54, 1.807) is 11.3 Å². The Bertz CT molecular complexity index is 576. The summed E-state index contributed by atoms with van der Waals surface area (Å²) in [7, 11) is 0. The Morgan fingerprint density at radius 1 is 1.25 bits per heavy atom. The molecule has 0 saturated carbocycles. The number of rotatable bonds is 1. The van der Waals surface area contributed by atoms with Gasteiger partial charge in [-0.25, -0.2) is 0 Å². The van der Waals surface area contributed by atoms with Gasteiger partial charge in [-0.3, -0.25) is 4.79 Å². The summed E-state index contributed by atoms with van der Waals surface area (Å²) < 4.78 is 1.28. The lowest BCUT2D eigenvalue weighted by Crippen LogP contribution is -2.12. The monoisotopic (exact) mass is 341 g/mol. The van der Waals surface area contributed by atoms with E-state index in [1.807, 2.05) is 12.1 Å². The lowest BCUT2D eigenvalue weighted by atomic mass is 10.1. The van der Waals surface area contributed by atoms with Crippen LogP contribution in [0.2, 0.25) is 0 Å². The van der Waals surface area contributed by atoms with Crippen molar-refractivity contribution in [3.8, 4) is 10.4 Å². The predicted octanol–water partition coefficient (Wildman–Crippen LogP) is 3.26. The van der Waals surface area contributed by atoms with Crippen molar-refractivity contribution < 1.29 is 4.79 Å². The van der Waals surface area contributed by atoms with E-state index in [1.165, 1.54) is 13.3 Å². The number of thiophene rings is 1. The highest BCUT2D eigenvalue weighted by Gasteiger charge is 2.18. The van der Waals surface area contributed by atoms with Gasteiger partial charge in [-0.05, 0) is 58.0 Å². The summed E-state index contributed by atoms with van der Waals surface area (Å²) in [6, 6.07) is 10.3. The minimum atomic E-state index is 0.0438. The van der Waals surface area contributed by atoms with E-state index < -0.39 is 0 Å². The summed E-state index contributed by atoms with van der Waals surface area (Å²) in [4.78, 5) is 12.7. The van der Waals surface area contributed by atoms with Gasteiger partial charge < -0.3 is 5.32 Å². The van der Waals surface area contributed by atoms with Gasteiger partial charge in [0, 0.05) is 17.0 Å². The Morgan fingerprint density at radius 2 is 2.12 bits per heavy atom. The second-order valence-corrected chi connectivity index (χ2v) is 6.64. The molecule has 0 unspecified atom stereocenters. The molecule has 80 valence electrons. The van der Waals surface area contributed by atoms with Crippen LogP contribution in [0.15, 0.2) is 30.3 Å². The highest BCUT2D eigenvalue weighted by molar-refractivity contribution is 14.1. The van der Waals surface area contributed by atoms with Crippen LogP contribution in [0.25, 0.3) is 10.4 Å². The van der Waals surface area contributed by atoms with Gasteiger partial charge in [0.05, 0.1) is 2.88 Å². The molecule has 0 atom stereocenters. The van der Waals surface area contributed by atoms with E-state index in [-0.39, 0.29) is 5.91 Å². The van der Waals surface area contributed by atoms with Crippen molar-refractivity contribution >= 4 is 39.8 Å². The fourth-order valence-corrected chi connectivity index (χ4v) is 3.47. The summed E-state index contributed by atoms with van der Waals surface area (Å²) >= 11 is 4.09. The molecule has 0 aliphatic carbocycles. The number of hydrogen-bond acceptors (Lipinski definition) is 2. The lowest BCUT2D eigenvalue weighted by Gasteiger charge is -2.00. The minimum absolute atomic E-state index is 0.0438. The van der Waals surface area contributed by atoms with Crippen LogP contribution in [0.1, 0.15) is 15.9 Å². The summed E-state index contributed by atoms with van der Waals surface area (Å²) in [5.41, 5.74) is 3.11. The van der Waals surface area contributed by atoms with Crippen LogP contribution in [0.4, 0.5) is 0 Å². The third-order valence-corrected chi connectivity index (χ3v) is 4.59. The molecule has 1 aliphatic rings. The van der Waals surface area contributed by atoms with Crippen LogP contribution in [0.5, 0.6) is 0 Å². The molecule has 2 nitrogen and oxygen atoms in total. The zero-order valence-electron chi connectivity index (χ0n) is 8.29. The van der Waals surface area contributed by atoms with Gasteiger partial charge in [-0.1, -0.05) is 6.07 Å². The minimum Gasteiger partial charge on any atom is -0.348 e. The van der Waals surface area contributed by atoms with Crippen LogP contribution in [0, 0.1) is 2.88 Å². The first-order valence-corrected chi connectivity index (χ1v) is 6.80. The van der Waals surface area contributed by atoms with Gasteiger partial charge in [0.1, 0.15) is 0 Å². The van der Waals surface area contributed by atoms with Gasteiger partial charge in [0.15, 0.2) is 0 Å². The normalized spacial score (nSPS) is 13.7. The van der Waals surface area contributed by atoms with Crippen LogP contribution in [-0.4, -0.2) is 5.91 Å². The molecule has 16 heavy (non-hydrogen) atoms. The Labute approximate surface area is 111 Å². The zero-order chi connectivity index (χ0) is 11.1. The van der Waals surface area contributed by atoms with Crippen LogP contribution < -0.4 is 5.32 Å². The number of amides is 1. The van der Waals surface area contributed by atoms with Crippen molar-refractivity contribution in [3.05, 3.63) is 44.3 Å². The van der Waals surface area contributed by atoms with Crippen LogP contribution in [-0.2, 0) is 6.54 Å². The molecule has 4 heteroatoms. The molecule has 0 saturated heterocycles. The predicted molar refractivity (Wildman–Crippen MR) is 73.6 cm³/mol. The van der Waals surface area contributed by atoms with Gasteiger partial charge in [-0.15, -0.1) is 11.3 Å². The second kappa shape index (κ2) is 3.85. The molecule has 2 heterocycles. The number of nitrogens with one attached hydrogen (secondary N) is 1. The fraction of sp³-hybridized carbons (Fsp3) is 0.0833. The summed E-state index contributed by atoms with van der Waals surface area (Å²) in [5.74, 6) is 0.0438. The molecule has 1 aromatic heterocycles. The maximum atomic E-state index is 11.4. The van der Waals surface area contributed by atoms with Gasteiger partial charge >= 0.3 is 0 Å². The third kappa shape index (κ3) is 1.66. The molecule has 0 bridgehead atoms. The number of hydrogen-bond donors (Lipinski definition) is 1. The van der Waals surface area contributed by atoms with Crippen molar-refractivity contribution in [2.45, 2.75) is 6.54 Å². The van der Waals surface area contributed by atoms with Crippen molar-refractivity contribution in [2.24, 2.45) is 0 Å². The SMILES string of the molecule is O=C1NCc2cc(-c3ccc(I)s3)ccc21. The molecule has 1 N–H and O–H groups in total. The van der Waals surface area contributed by atoms with E-state index in [0.29, 0.717) is 6.54 Å². The topological polar surface area (TPSA) is 29.1 Å². The Hall–Kier alpha value is -0.880. The van der Waals surface area contributed by atoms with E-state index in [2.05, 4.69) is 46.1 Å². The number of fused-ring (bicyclic) bond motifs is 1. The van der Waals surface area contributed by atoms with Crippen LogP contribution >= 0.6 is 33.9 Å². The van der Waals surface area contributed by atoms with Gasteiger partial charge in [0.2, 0.25) is 0 Å². The molecule has 1 aliphatic heterocycles. The van der Waals surface area contributed by atoms with Gasteiger partial charge in [-0.2, -0.15) is 0 Å². The molecular weight excluding hydrogens is 333 g/mol. The molecule has 0 radical (unpaired) electrons. The van der Waals surface area contributed by atoms with Crippen molar-refractivity contribution in [2.75, 3.05) is 0 Å². The van der Waals surface area contributed by atoms with E-state index in [4.69, 9.17) is 0 Å². The highest BCUT2D eigenvalue weighted by atomic mass is 127. The number of carbonyl (C=O) groups excluding carboxylic acids is 1. The molecule has 2 aromatic rings. The fourth-order valence-electron chi connectivity index (χ4n) is 1.85. The Kier molecular flexibility index (Phi) is 2.48. The summed E-state index contributed by atoms with van der Waals surface area (Å²) in [6.45, 7) is 0.657. The van der Waals surface area contributed by atoms with Crippen molar-refractivity contribution in [3.63, 3.8) is 0 Å². The number of carbonyl (C=O) groups is 1. The Morgan fingerprint density at radius 3 is 2.88 bits per heavy atom. The van der Waals surface area contributed by atoms with Crippen LogP contribution in [0.3, 0.4) is 0 Å². The zero-order valence-corrected chi connectivity index (χ0v) is 11.3.